The van der Waals surface area contributed by atoms with Gasteiger partial charge in [-0.3, -0.25) is 0 Å². The molecule has 2 heteroatoms. The van der Waals surface area contributed by atoms with Crippen LogP contribution in [0.15, 0.2) is 18.2 Å². The average Bonchev–Trinajstić information content (AvgIpc) is 2.16. The third kappa shape index (κ3) is 3.24. The van der Waals surface area contributed by atoms with Crippen molar-refractivity contribution in [3.05, 3.63) is 29.3 Å². The molecule has 0 bridgehead atoms. The maximum atomic E-state index is 5.94. The summed E-state index contributed by atoms with van der Waals surface area (Å²) in [4.78, 5) is 0. The number of hydrogen-bond donors (Lipinski definition) is 1. The SMILES string of the molecule is Cc1cccc(C)c1OC[C@H](N)C(C)C. The number of para-hydroxylation sites is 1. The van der Waals surface area contributed by atoms with Crippen molar-refractivity contribution < 1.29 is 4.74 Å². The highest BCUT2D eigenvalue weighted by Crippen LogP contribution is 2.22. The molecule has 0 saturated heterocycles. The van der Waals surface area contributed by atoms with Gasteiger partial charge in [0.25, 0.3) is 0 Å². The predicted molar refractivity (Wildman–Crippen MR) is 64.2 cm³/mol. The first-order chi connectivity index (χ1) is 7.02. The molecule has 0 aliphatic carbocycles. The van der Waals surface area contributed by atoms with E-state index in [0.717, 1.165) is 5.75 Å². The molecular weight excluding hydrogens is 186 g/mol. The second kappa shape index (κ2) is 5.17. The molecule has 15 heavy (non-hydrogen) atoms. The van der Waals surface area contributed by atoms with E-state index in [4.69, 9.17) is 10.5 Å². The first-order valence-corrected chi connectivity index (χ1v) is 5.47. The highest BCUT2D eigenvalue weighted by Gasteiger charge is 2.10. The van der Waals surface area contributed by atoms with Gasteiger partial charge in [-0.1, -0.05) is 32.0 Å². The zero-order valence-corrected chi connectivity index (χ0v) is 10.1. The van der Waals surface area contributed by atoms with E-state index in [0.29, 0.717) is 12.5 Å². The van der Waals surface area contributed by atoms with Crippen LogP contribution in [0, 0.1) is 19.8 Å². The molecule has 0 spiro atoms. The van der Waals surface area contributed by atoms with Gasteiger partial charge in [0.2, 0.25) is 0 Å². The molecule has 2 nitrogen and oxygen atoms in total. The molecule has 1 rings (SSSR count). The summed E-state index contributed by atoms with van der Waals surface area (Å²) in [6.45, 7) is 8.92. The summed E-state index contributed by atoms with van der Waals surface area (Å²) in [5.74, 6) is 1.43. The first kappa shape index (κ1) is 12.1. The number of nitrogens with two attached hydrogens (primary N) is 1. The quantitative estimate of drug-likeness (QED) is 0.823. The van der Waals surface area contributed by atoms with E-state index < -0.39 is 0 Å². The normalized spacial score (nSPS) is 12.9. The molecule has 1 aromatic rings. The minimum absolute atomic E-state index is 0.101. The lowest BCUT2D eigenvalue weighted by Gasteiger charge is -2.18. The summed E-state index contributed by atoms with van der Waals surface area (Å²) in [5, 5.41) is 0. The van der Waals surface area contributed by atoms with Gasteiger partial charge >= 0.3 is 0 Å². The number of rotatable bonds is 4. The van der Waals surface area contributed by atoms with Gasteiger partial charge in [0.1, 0.15) is 12.4 Å². The molecule has 2 N–H and O–H groups in total. The predicted octanol–water partition coefficient (Wildman–Crippen LogP) is 2.67. The third-order valence-corrected chi connectivity index (χ3v) is 2.69. The lowest BCUT2D eigenvalue weighted by molar-refractivity contribution is 0.257. The highest BCUT2D eigenvalue weighted by atomic mass is 16.5. The smallest absolute Gasteiger partial charge is 0.125 e. The molecule has 0 aliphatic rings. The summed E-state index contributed by atoms with van der Waals surface area (Å²) in [6.07, 6.45) is 0. The molecule has 0 saturated carbocycles. The molecule has 0 radical (unpaired) electrons. The van der Waals surface area contributed by atoms with E-state index in [1.165, 1.54) is 11.1 Å². The molecule has 0 aromatic heterocycles. The zero-order chi connectivity index (χ0) is 11.4. The van der Waals surface area contributed by atoms with E-state index in [1.54, 1.807) is 0 Å². The van der Waals surface area contributed by atoms with Gasteiger partial charge in [-0.25, -0.2) is 0 Å². The van der Waals surface area contributed by atoms with Crippen LogP contribution in [-0.2, 0) is 0 Å². The maximum absolute atomic E-state index is 5.94. The van der Waals surface area contributed by atoms with Crippen LogP contribution in [0.4, 0.5) is 0 Å². The molecular formula is C13H21NO. The van der Waals surface area contributed by atoms with Gasteiger partial charge < -0.3 is 10.5 Å². The minimum atomic E-state index is 0.101. The van der Waals surface area contributed by atoms with Gasteiger partial charge in [0.15, 0.2) is 0 Å². The number of benzene rings is 1. The van der Waals surface area contributed by atoms with E-state index in [2.05, 4.69) is 39.8 Å². The van der Waals surface area contributed by atoms with Gasteiger partial charge in [-0.05, 0) is 30.9 Å². The zero-order valence-electron chi connectivity index (χ0n) is 10.1. The largest absolute Gasteiger partial charge is 0.491 e. The number of aryl methyl sites for hydroxylation is 2. The molecule has 0 amide bonds. The molecule has 0 unspecified atom stereocenters. The van der Waals surface area contributed by atoms with E-state index in [-0.39, 0.29) is 6.04 Å². The summed E-state index contributed by atoms with van der Waals surface area (Å²) in [5.41, 5.74) is 8.28. The molecule has 0 heterocycles. The minimum Gasteiger partial charge on any atom is -0.491 e. The summed E-state index contributed by atoms with van der Waals surface area (Å²) >= 11 is 0. The van der Waals surface area contributed by atoms with Gasteiger partial charge in [-0.2, -0.15) is 0 Å². The molecule has 0 fully saturated rings. The van der Waals surface area contributed by atoms with E-state index in [9.17, 15) is 0 Å². The van der Waals surface area contributed by atoms with Crippen molar-refractivity contribution in [1.29, 1.82) is 0 Å². The fraction of sp³-hybridized carbons (Fsp3) is 0.538. The van der Waals surface area contributed by atoms with Crippen molar-refractivity contribution >= 4 is 0 Å². The molecule has 1 atom stereocenters. The van der Waals surface area contributed by atoms with Crippen molar-refractivity contribution in [2.45, 2.75) is 33.7 Å². The lowest BCUT2D eigenvalue weighted by atomic mass is 10.1. The Labute approximate surface area is 92.4 Å². The summed E-state index contributed by atoms with van der Waals surface area (Å²) in [7, 11) is 0. The molecule has 1 aromatic carbocycles. The van der Waals surface area contributed by atoms with Crippen molar-refractivity contribution in [3.63, 3.8) is 0 Å². The Bertz CT molecular complexity index is 300. The van der Waals surface area contributed by atoms with Gasteiger partial charge in [0.05, 0.1) is 0 Å². The van der Waals surface area contributed by atoms with E-state index >= 15 is 0 Å². The Kier molecular flexibility index (Phi) is 4.15. The number of hydrogen-bond acceptors (Lipinski definition) is 2. The highest BCUT2D eigenvalue weighted by molar-refractivity contribution is 5.39. The Morgan fingerprint density at radius 2 is 1.73 bits per heavy atom. The average molecular weight is 207 g/mol. The standard InChI is InChI=1S/C13H21NO/c1-9(2)12(14)8-15-13-10(3)6-5-7-11(13)4/h5-7,9,12H,8,14H2,1-4H3/t12-/m0/s1. The van der Waals surface area contributed by atoms with Gasteiger partial charge in [-0.15, -0.1) is 0 Å². The Morgan fingerprint density at radius 1 is 1.20 bits per heavy atom. The van der Waals surface area contributed by atoms with Crippen molar-refractivity contribution in [3.8, 4) is 5.75 Å². The fourth-order valence-corrected chi connectivity index (χ4v) is 1.40. The summed E-state index contributed by atoms with van der Waals surface area (Å²) < 4.78 is 5.77. The Balaban J connectivity index is 2.65. The van der Waals surface area contributed by atoms with Crippen LogP contribution in [-0.4, -0.2) is 12.6 Å². The lowest BCUT2D eigenvalue weighted by Crippen LogP contribution is -2.33. The van der Waals surface area contributed by atoms with Crippen LogP contribution in [0.2, 0.25) is 0 Å². The Hall–Kier alpha value is -1.02. The number of ether oxygens (including phenoxy) is 1. The second-order valence-electron chi connectivity index (χ2n) is 4.44. The van der Waals surface area contributed by atoms with Crippen LogP contribution < -0.4 is 10.5 Å². The second-order valence-corrected chi connectivity index (χ2v) is 4.44. The van der Waals surface area contributed by atoms with Crippen LogP contribution in [0.5, 0.6) is 5.75 Å². The third-order valence-electron chi connectivity index (χ3n) is 2.69. The monoisotopic (exact) mass is 207 g/mol. The van der Waals surface area contributed by atoms with Gasteiger partial charge in [0, 0.05) is 6.04 Å². The Morgan fingerprint density at radius 3 is 2.20 bits per heavy atom. The summed E-state index contributed by atoms with van der Waals surface area (Å²) in [6, 6.07) is 6.26. The fourth-order valence-electron chi connectivity index (χ4n) is 1.40. The molecule has 0 aliphatic heterocycles. The van der Waals surface area contributed by atoms with Crippen LogP contribution in [0.1, 0.15) is 25.0 Å². The van der Waals surface area contributed by atoms with Crippen LogP contribution >= 0.6 is 0 Å². The van der Waals surface area contributed by atoms with Crippen molar-refractivity contribution in [1.82, 2.24) is 0 Å². The van der Waals surface area contributed by atoms with Crippen LogP contribution in [0.3, 0.4) is 0 Å². The van der Waals surface area contributed by atoms with Crippen molar-refractivity contribution in [2.75, 3.05) is 6.61 Å². The topological polar surface area (TPSA) is 35.2 Å². The van der Waals surface area contributed by atoms with Crippen molar-refractivity contribution in [2.24, 2.45) is 11.7 Å². The first-order valence-electron chi connectivity index (χ1n) is 5.47. The molecule has 84 valence electrons. The maximum Gasteiger partial charge on any atom is 0.125 e. The van der Waals surface area contributed by atoms with Crippen LogP contribution in [0.25, 0.3) is 0 Å². The van der Waals surface area contributed by atoms with E-state index in [1.807, 2.05) is 6.07 Å².